The molecular formula is C25H44O24. The Bertz CT molecular complexity index is 926. The fraction of sp³-hybridized carbons (Fsp3) is 0.920. The maximum absolute atomic E-state index is 12.3. The zero-order valence-electron chi connectivity index (χ0n) is 25.3. The van der Waals surface area contributed by atoms with Gasteiger partial charge < -0.3 is 110 Å². The van der Waals surface area contributed by atoms with Gasteiger partial charge in [0, 0.05) is 0 Å². The minimum Gasteiger partial charge on any atom is -0.426 e. The summed E-state index contributed by atoms with van der Waals surface area (Å²) in [6.07, 6.45) is -37.7. The van der Waals surface area contributed by atoms with Gasteiger partial charge in [-0.2, -0.15) is 0 Å². The van der Waals surface area contributed by atoms with Gasteiger partial charge in [-0.15, -0.1) is 0 Å². The zero-order valence-corrected chi connectivity index (χ0v) is 25.3. The fourth-order valence-corrected chi connectivity index (χ4v) is 4.63. The van der Waals surface area contributed by atoms with E-state index in [9.17, 15) is 91.3 Å². The van der Waals surface area contributed by atoms with Crippen molar-refractivity contribution >= 4 is 11.9 Å². The first-order chi connectivity index (χ1) is 23.0. The van der Waals surface area contributed by atoms with Crippen molar-refractivity contribution in [2.45, 2.75) is 110 Å². The summed E-state index contributed by atoms with van der Waals surface area (Å²) in [5.41, 5.74) is 0. The van der Waals surface area contributed by atoms with Gasteiger partial charge in [0.2, 0.25) is 6.79 Å². The molecule has 18 atom stereocenters. The van der Waals surface area contributed by atoms with E-state index < -0.39 is 155 Å². The summed E-state index contributed by atoms with van der Waals surface area (Å²) in [4.78, 5) is 24.7. The molecule has 0 aliphatic carbocycles. The number of rotatable bonds is 18. The number of aliphatic hydroxyl groups excluding tert-OH is 16. The molecule has 2 saturated heterocycles. The van der Waals surface area contributed by atoms with Crippen LogP contribution in [0.25, 0.3) is 0 Å². The lowest BCUT2D eigenvalue weighted by atomic mass is 9.98. The summed E-state index contributed by atoms with van der Waals surface area (Å²) in [6, 6.07) is 0. The Kier molecular flexibility index (Phi) is 17.4. The monoisotopic (exact) mass is 728 g/mol. The van der Waals surface area contributed by atoms with Gasteiger partial charge in [0.05, 0.1) is 26.4 Å². The molecule has 2 aliphatic heterocycles. The maximum atomic E-state index is 12.3. The van der Waals surface area contributed by atoms with E-state index in [2.05, 4.69) is 9.47 Å². The van der Waals surface area contributed by atoms with Crippen LogP contribution in [0.4, 0.5) is 0 Å². The van der Waals surface area contributed by atoms with Crippen molar-refractivity contribution in [3.8, 4) is 0 Å². The predicted molar refractivity (Wildman–Crippen MR) is 145 cm³/mol. The highest BCUT2D eigenvalue weighted by Crippen LogP contribution is 2.27. The molecule has 0 aromatic carbocycles. The van der Waals surface area contributed by atoms with Crippen molar-refractivity contribution in [2.75, 3.05) is 33.2 Å². The van der Waals surface area contributed by atoms with Crippen molar-refractivity contribution in [3.05, 3.63) is 0 Å². The molecule has 16 N–H and O–H groups in total. The number of carbonyl (C=O) groups is 2. The van der Waals surface area contributed by atoms with Crippen LogP contribution >= 0.6 is 0 Å². The van der Waals surface area contributed by atoms with E-state index in [1.165, 1.54) is 0 Å². The molecule has 2 heterocycles. The lowest BCUT2D eigenvalue weighted by molar-refractivity contribution is -0.327. The standard InChI is InChI=1S/C25H44O24/c26-1-6(30)20(48-24-18(40)12(34)10(32)8(3-28)46-24)14(36)16(38)22(42)44-5-45-23(43)17(39)15(37)21(7(31)2-27)49-25-19(41)13(35)11(33)9(4-29)47-25/h6-21,24-41H,1-5H2/t6-,7-,8?,9?,10+,11+,12+,13+,14-,15-,16-,17-,18?,19?,20-,21-,24+,25+/m1/s1. The summed E-state index contributed by atoms with van der Waals surface area (Å²) in [7, 11) is 0. The highest BCUT2D eigenvalue weighted by atomic mass is 16.7. The van der Waals surface area contributed by atoms with Crippen LogP contribution in [-0.2, 0) is 38.0 Å². The second kappa shape index (κ2) is 19.7. The first-order valence-electron chi connectivity index (χ1n) is 14.5. The highest BCUT2D eigenvalue weighted by Gasteiger charge is 2.49. The Hall–Kier alpha value is -1.86. The van der Waals surface area contributed by atoms with Gasteiger partial charge in [-0.05, 0) is 0 Å². The van der Waals surface area contributed by atoms with E-state index in [4.69, 9.17) is 18.9 Å². The maximum Gasteiger partial charge on any atom is 0.340 e. The minimum absolute atomic E-state index is 0.895. The molecule has 0 saturated carbocycles. The molecule has 0 amide bonds. The normalized spacial score (nSPS) is 35.7. The summed E-state index contributed by atoms with van der Waals surface area (Å²) < 4.78 is 29.3. The van der Waals surface area contributed by atoms with Gasteiger partial charge in [-0.25, -0.2) is 9.59 Å². The average Bonchev–Trinajstić information content (AvgIpc) is 3.10. The highest BCUT2D eigenvalue weighted by molar-refractivity contribution is 5.76. The Morgan fingerprint density at radius 1 is 0.531 bits per heavy atom. The van der Waals surface area contributed by atoms with Crippen molar-refractivity contribution in [3.63, 3.8) is 0 Å². The molecule has 2 aliphatic rings. The largest absolute Gasteiger partial charge is 0.426 e. The third kappa shape index (κ3) is 10.6. The van der Waals surface area contributed by atoms with Crippen LogP contribution in [0.15, 0.2) is 0 Å². The summed E-state index contributed by atoms with van der Waals surface area (Å²) in [5.74, 6) is -3.58. The quantitative estimate of drug-likeness (QED) is 0.0460. The minimum atomic E-state index is -2.67. The van der Waals surface area contributed by atoms with E-state index in [-0.39, 0.29) is 0 Å². The van der Waals surface area contributed by atoms with Gasteiger partial charge in [-0.3, -0.25) is 0 Å². The van der Waals surface area contributed by atoms with Crippen LogP contribution in [0, 0.1) is 0 Å². The third-order valence-electron chi connectivity index (χ3n) is 7.62. The molecule has 4 unspecified atom stereocenters. The number of hydrogen-bond donors (Lipinski definition) is 16. The van der Waals surface area contributed by atoms with E-state index in [1.54, 1.807) is 0 Å². The van der Waals surface area contributed by atoms with Gasteiger partial charge >= 0.3 is 11.9 Å². The van der Waals surface area contributed by atoms with Gasteiger partial charge in [0.25, 0.3) is 0 Å². The van der Waals surface area contributed by atoms with Crippen molar-refractivity contribution in [1.29, 1.82) is 0 Å². The summed E-state index contributed by atoms with van der Waals surface area (Å²) in [6.45, 7) is -5.58. The average molecular weight is 729 g/mol. The first-order valence-corrected chi connectivity index (χ1v) is 14.5. The number of carbonyl (C=O) groups excluding carboxylic acids is 2. The van der Waals surface area contributed by atoms with E-state index in [0.29, 0.717) is 0 Å². The van der Waals surface area contributed by atoms with Crippen LogP contribution in [0.3, 0.4) is 0 Å². The van der Waals surface area contributed by atoms with Crippen LogP contribution in [-0.4, -0.2) is 237 Å². The van der Waals surface area contributed by atoms with Crippen LogP contribution < -0.4 is 0 Å². The number of aliphatic hydroxyl groups is 16. The smallest absolute Gasteiger partial charge is 0.340 e. The number of esters is 2. The topological polar surface area (TPSA) is 413 Å². The van der Waals surface area contributed by atoms with E-state index >= 15 is 0 Å². The van der Waals surface area contributed by atoms with Crippen LogP contribution in [0.2, 0.25) is 0 Å². The Labute approximate surface area is 275 Å². The molecule has 2 rings (SSSR count). The molecule has 288 valence electrons. The Morgan fingerprint density at radius 3 is 1.14 bits per heavy atom. The molecule has 49 heavy (non-hydrogen) atoms. The van der Waals surface area contributed by atoms with Crippen molar-refractivity contribution in [1.82, 2.24) is 0 Å². The SMILES string of the molecule is O=C(OCOC(=O)[C@H](O)[C@@H](O)[C@H](O[C@@H]1OC(CO)[C@H](O)[C@H](O)C1O)[C@H](O)CO)[C@H](O)[C@@H](O)[C@H](O[C@@H]1OC(CO)[C@H](O)[C@H](O)C1O)[C@H](O)CO. The molecule has 0 radical (unpaired) electrons. The summed E-state index contributed by atoms with van der Waals surface area (Å²) in [5, 5.41) is 159. The Morgan fingerprint density at radius 2 is 0.857 bits per heavy atom. The first kappa shape index (κ1) is 43.3. The van der Waals surface area contributed by atoms with Crippen LogP contribution in [0.1, 0.15) is 0 Å². The lowest BCUT2D eigenvalue weighted by Crippen LogP contribution is -2.62. The molecule has 0 aromatic heterocycles. The van der Waals surface area contributed by atoms with Crippen LogP contribution in [0.5, 0.6) is 0 Å². The second-order valence-electron chi connectivity index (χ2n) is 11.0. The molecule has 24 nitrogen and oxygen atoms in total. The van der Waals surface area contributed by atoms with E-state index in [1.807, 2.05) is 0 Å². The van der Waals surface area contributed by atoms with Gasteiger partial charge in [0.15, 0.2) is 24.8 Å². The number of ether oxygens (including phenoxy) is 6. The third-order valence-corrected chi connectivity index (χ3v) is 7.62. The van der Waals surface area contributed by atoms with Crippen molar-refractivity contribution in [2.24, 2.45) is 0 Å². The predicted octanol–water partition coefficient (Wildman–Crippen LogP) is -11.4. The van der Waals surface area contributed by atoms with E-state index in [0.717, 1.165) is 0 Å². The lowest BCUT2D eigenvalue weighted by Gasteiger charge is -2.42. The molecule has 0 bridgehead atoms. The molecule has 0 spiro atoms. The number of hydrogen-bond acceptors (Lipinski definition) is 24. The molecule has 0 aromatic rings. The summed E-state index contributed by atoms with van der Waals surface area (Å²) >= 11 is 0. The van der Waals surface area contributed by atoms with Crippen molar-refractivity contribution < 1.29 is 120 Å². The van der Waals surface area contributed by atoms with Gasteiger partial charge in [-0.1, -0.05) is 0 Å². The second-order valence-corrected chi connectivity index (χ2v) is 11.0. The molecule has 24 heteroatoms. The molecular weight excluding hydrogens is 684 g/mol. The fourth-order valence-electron chi connectivity index (χ4n) is 4.63. The zero-order chi connectivity index (χ0) is 37.3. The molecule has 2 fully saturated rings. The van der Waals surface area contributed by atoms with Gasteiger partial charge in [0.1, 0.15) is 85.5 Å². The Balaban J connectivity index is 2.02.